The fourth-order valence-corrected chi connectivity index (χ4v) is 1.73. The van der Waals surface area contributed by atoms with Gasteiger partial charge >= 0.3 is 5.69 Å². The van der Waals surface area contributed by atoms with Gasteiger partial charge in [0.25, 0.3) is 0 Å². The molecular formula is C10H13N5O3. The highest BCUT2D eigenvalue weighted by Crippen LogP contribution is 2.27. The number of rotatable bonds is 4. The largest absolute Gasteiger partial charge is 0.359 e. The summed E-state index contributed by atoms with van der Waals surface area (Å²) in [7, 11) is 1.65. The molecule has 2 heterocycles. The second-order valence-corrected chi connectivity index (χ2v) is 3.95. The van der Waals surface area contributed by atoms with Crippen LogP contribution in [0.5, 0.6) is 0 Å². The summed E-state index contributed by atoms with van der Waals surface area (Å²) in [6.07, 6.45) is 0. The van der Waals surface area contributed by atoms with Gasteiger partial charge in [-0.2, -0.15) is 5.10 Å². The number of aryl methyl sites for hydroxylation is 3. The fraction of sp³-hybridized carbons (Fsp3) is 0.400. The molecule has 0 fully saturated rings. The summed E-state index contributed by atoms with van der Waals surface area (Å²) >= 11 is 0. The maximum absolute atomic E-state index is 10.9. The summed E-state index contributed by atoms with van der Waals surface area (Å²) in [5, 5.41) is 21.6. The van der Waals surface area contributed by atoms with Gasteiger partial charge in [0.05, 0.1) is 17.2 Å². The molecular weight excluding hydrogens is 238 g/mol. The van der Waals surface area contributed by atoms with Crippen LogP contribution in [0.1, 0.15) is 17.1 Å². The minimum absolute atomic E-state index is 0.0197. The standard InChI is InChI=1S/C10H13N5O3/c1-6-4-8(18-13-6)5-11-10-9(15(16)17)7(2)12-14(10)3/h4,11H,5H2,1-3H3. The molecule has 0 saturated carbocycles. The van der Waals surface area contributed by atoms with Gasteiger partial charge in [0, 0.05) is 13.1 Å². The molecule has 8 nitrogen and oxygen atoms in total. The van der Waals surface area contributed by atoms with E-state index < -0.39 is 4.92 Å². The Kier molecular flexibility index (Phi) is 3.00. The minimum atomic E-state index is -0.448. The van der Waals surface area contributed by atoms with Gasteiger partial charge in [0.1, 0.15) is 5.69 Å². The van der Waals surface area contributed by atoms with Gasteiger partial charge in [-0.25, -0.2) is 4.68 Å². The maximum Gasteiger partial charge on any atom is 0.333 e. The second-order valence-electron chi connectivity index (χ2n) is 3.95. The van der Waals surface area contributed by atoms with Crippen molar-refractivity contribution in [2.75, 3.05) is 5.32 Å². The molecule has 0 radical (unpaired) electrons. The monoisotopic (exact) mass is 251 g/mol. The molecule has 2 aromatic rings. The Labute approximate surface area is 103 Å². The first-order valence-corrected chi connectivity index (χ1v) is 5.33. The molecule has 0 amide bonds. The molecule has 1 N–H and O–H groups in total. The van der Waals surface area contributed by atoms with Crippen molar-refractivity contribution in [1.29, 1.82) is 0 Å². The average Bonchev–Trinajstić information content (AvgIpc) is 2.79. The number of hydrogen-bond donors (Lipinski definition) is 1. The molecule has 0 aliphatic heterocycles. The van der Waals surface area contributed by atoms with Gasteiger partial charge in [-0.3, -0.25) is 10.1 Å². The Morgan fingerprint density at radius 1 is 1.56 bits per heavy atom. The zero-order valence-electron chi connectivity index (χ0n) is 10.3. The van der Waals surface area contributed by atoms with Crippen LogP contribution in [0.25, 0.3) is 0 Å². The third-order valence-corrected chi connectivity index (χ3v) is 2.48. The summed E-state index contributed by atoms with van der Waals surface area (Å²) in [6.45, 7) is 3.73. The van der Waals surface area contributed by atoms with Crippen LogP contribution in [0, 0.1) is 24.0 Å². The quantitative estimate of drug-likeness (QED) is 0.653. The first-order valence-electron chi connectivity index (χ1n) is 5.33. The van der Waals surface area contributed by atoms with E-state index in [1.807, 2.05) is 6.92 Å². The Bertz CT molecular complexity index is 586. The fourth-order valence-electron chi connectivity index (χ4n) is 1.73. The van der Waals surface area contributed by atoms with E-state index in [-0.39, 0.29) is 5.69 Å². The molecule has 2 rings (SSSR count). The van der Waals surface area contributed by atoms with E-state index in [2.05, 4.69) is 15.6 Å². The molecule has 0 unspecified atom stereocenters. The predicted octanol–water partition coefficient (Wildman–Crippen LogP) is 1.55. The van der Waals surface area contributed by atoms with Crippen LogP contribution in [0.15, 0.2) is 10.6 Å². The molecule has 0 atom stereocenters. The molecule has 0 aliphatic carbocycles. The summed E-state index contributed by atoms with van der Waals surface area (Å²) in [5.41, 5.74) is 1.12. The van der Waals surface area contributed by atoms with Crippen molar-refractivity contribution >= 4 is 11.5 Å². The van der Waals surface area contributed by atoms with E-state index in [9.17, 15) is 10.1 Å². The number of hydrogen-bond acceptors (Lipinski definition) is 6. The molecule has 18 heavy (non-hydrogen) atoms. The van der Waals surface area contributed by atoms with E-state index in [1.165, 1.54) is 4.68 Å². The molecule has 0 aliphatic rings. The third-order valence-electron chi connectivity index (χ3n) is 2.48. The van der Waals surface area contributed by atoms with Crippen LogP contribution in [-0.2, 0) is 13.6 Å². The summed E-state index contributed by atoms with van der Waals surface area (Å²) < 4.78 is 6.46. The normalized spacial score (nSPS) is 10.6. The number of anilines is 1. The van der Waals surface area contributed by atoms with E-state index in [4.69, 9.17) is 4.52 Å². The Hall–Kier alpha value is -2.38. The van der Waals surface area contributed by atoms with Gasteiger partial charge in [0.15, 0.2) is 5.76 Å². The van der Waals surface area contributed by atoms with Crippen molar-refractivity contribution in [2.24, 2.45) is 7.05 Å². The highest BCUT2D eigenvalue weighted by molar-refractivity contribution is 5.59. The number of nitrogens with zero attached hydrogens (tertiary/aromatic N) is 4. The van der Waals surface area contributed by atoms with Gasteiger partial charge in [0.2, 0.25) is 5.82 Å². The Balaban J connectivity index is 2.21. The lowest BCUT2D eigenvalue weighted by Gasteiger charge is -2.03. The number of nitro groups is 1. The highest BCUT2D eigenvalue weighted by atomic mass is 16.6. The SMILES string of the molecule is Cc1cc(CNc2c([N+](=O)[O-])c(C)nn2C)on1. The van der Waals surface area contributed by atoms with Crippen LogP contribution in [0.2, 0.25) is 0 Å². The van der Waals surface area contributed by atoms with Crippen molar-refractivity contribution in [3.05, 3.63) is 33.3 Å². The highest BCUT2D eigenvalue weighted by Gasteiger charge is 2.23. The second kappa shape index (κ2) is 4.47. The molecule has 0 bridgehead atoms. The molecule has 96 valence electrons. The smallest absolute Gasteiger partial charge is 0.333 e. The van der Waals surface area contributed by atoms with Crippen molar-refractivity contribution < 1.29 is 9.45 Å². The van der Waals surface area contributed by atoms with Crippen molar-refractivity contribution in [2.45, 2.75) is 20.4 Å². The van der Waals surface area contributed by atoms with E-state index >= 15 is 0 Å². The lowest BCUT2D eigenvalue weighted by atomic mass is 10.3. The van der Waals surface area contributed by atoms with E-state index in [0.717, 1.165) is 5.69 Å². The third kappa shape index (κ3) is 2.17. The molecule has 0 spiro atoms. The molecule has 2 aromatic heterocycles. The van der Waals surface area contributed by atoms with Gasteiger partial charge in [-0.1, -0.05) is 5.16 Å². The van der Waals surface area contributed by atoms with Crippen LogP contribution in [-0.4, -0.2) is 19.9 Å². The minimum Gasteiger partial charge on any atom is -0.359 e. The van der Waals surface area contributed by atoms with Crippen LogP contribution >= 0.6 is 0 Å². The molecule has 0 aromatic carbocycles. The molecule has 8 heteroatoms. The summed E-state index contributed by atoms with van der Waals surface area (Å²) in [6, 6.07) is 1.77. The average molecular weight is 251 g/mol. The zero-order chi connectivity index (χ0) is 13.3. The number of nitrogens with one attached hydrogen (secondary N) is 1. The van der Waals surface area contributed by atoms with Crippen molar-refractivity contribution in [3.63, 3.8) is 0 Å². The molecule has 0 saturated heterocycles. The van der Waals surface area contributed by atoms with Crippen LogP contribution in [0.4, 0.5) is 11.5 Å². The maximum atomic E-state index is 10.9. The van der Waals surface area contributed by atoms with Gasteiger partial charge < -0.3 is 9.84 Å². The Morgan fingerprint density at radius 3 is 2.83 bits per heavy atom. The zero-order valence-corrected chi connectivity index (χ0v) is 10.3. The predicted molar refractivity (Wildman–Crippen MR) is 63.2 cm³/mol. The topological polar surface area (TPSA) is 99.0 Å². The van der Waals surface area contributed by atoms with Gasteiger partial charge in [-0.15, -0.1) is 0 Å². The lowest BCUT2D eigenvalue weighted by Crippen LogP contribution is -2.05. The van der Waals surface area contributed by atoms with Gasteiger partial charge in [-0.05, 0) is 13.8 Å². The lowest BCUT2D eigenvalue weighted by molar-refractivity contribution is -0.384. The van der Waals surface area contributed by atoms with E-state index in [1.54, 1.807) is 20.0 Å². The first kappa shape index (κ1) is 12.1. The summed E-state index contributed by atoms with van der Waals surface area (Å²) in [5.74, 6) is 0.965. The Morgan fingerprint density at radius 2 is 2.28 bits per heavy atom. The van der Waals surface area contributed by atoms with E-state index in [0.29, 0.717) is 23.8 Å². The van der Waals surface area contributed by atoms with Crippen LogP contribution in [0.3, 0.4) is 0 Å². The number of aromatic nitrogens is 3. The van der Waals surface area contributed by atoms with Crippen molar-refractivity contribution in [1.82, 2.24) is 14.9 Å². The van der Waals surface area contributed by atoms with Crippen LogP contribution < -0.4 is 5.32 Å². The summed E-state index contributed by atoms with van der Waals surface area (Å²) in [4.78, 5) is 10.5. The van der Waals surface area contributed by atoms with Crippen molar-refractivity contribution in [3.8, 4) is 0 Å². The first-order chi connectivity index (χ1) is 8.49.